The summed E-state index contributed by atoms with van der Waals surface area (Å²) in [5.41, 5.74) is 0. The molecule has 0 radical (unpaired) electrons. The van der Waals surface area contributed by atoms with E-state index in [9.17, 15) is 4.79 Å². The van der Waals surface area contributed by atoms with Crippen molar-refractivity contribution in [2.24, 2.45) is 7.05 Å². The number of rotatable bonds is 4. The summed E-state index contributed by atoms with van der Waals surface area (Å²) in [7, 11) is 1.95. The standard InChI is InChI=1S/C13H13Br2N3OS/c1-17-5-4-16-11(17)7-18(8-2-3-8)13(19)10-6-9(14)12(15)20-10/h4-6,8H,2-3,7H2,1H3. The summed E-state index contributed by atoms with van der Waals surface area (Å²) in [5.74, 6) is 1.01. The van der Waals surface area contributed by atoms with E-state index in [1.54, 1.807) is 6.20 Å². The molecule has 1 amide bonds. The molecule has 0 bridgehead atoms. The lowest BCUT2D eigenvalue weighted by Crippen LogP contribution is -2.33. The normalized spacial score (nSPS) is 14.6. The topological polar surface area (TPSA) is 38.1 Å². The van der Waals surface area contributed by atoms with Gasteiger partial charge in [0.1, 0.15) is 5.82 Å². The third-order valence-electron chi connectivity index (χ3n) is 3.34. The second-order valence-electron chi connectivity index (χ2n) is 4.85. The Morgan fingerprint density at radius 1 is 1.55 bits per heavy atom. The average molecular weight is 419 g/mol. The summed E-state index contributed by atoms with van der Waals surface area (Å²) in [5, 5.41) is 0. The van der Waals surface area contributed by atoms with Crippen molar-refractivity contribution in [1.82, 2.24) is 14.5 Å². The van der Waals surface area contributed by atoms with Crippen molar-refractivity contribution in [2.45, 2.75) is 25.4 Å². The van der Waals surface area contributed by atoms with E-state index in [2.05, 4.69) is 36.8 Å². The van der Waals surface area contributed by atoms with Crippen LogP contribution < -0.4 is 0 Å². The molecule has 2 aromatic rings. The Hall–Kier alpha value is -0.660. The fourth-order valence-electron chi connectivity index (χ4n) is 2.05. The number of imidazole rings is 1. The monoisotopic (exact) mass is 417 g/mol. The first-order chi connectivity index (χ1) is 9.56. The van der Waals surface area contributed by atoms with Gasteiger partial charge in [0.05, 0.1) is 15.2 Å². The van der Waals surface area contributed by atoms with Crippen molar-refractivity contribution < 1.29 is 4.79 Å². The van der Waals surface area contributed by atoms with Crippen molar-refractivity contribution in [3.63, 3.8) is 0 Å². The van der Waals surface area contributed by atoms with Crippen LogP contribution in [-0.4, -0.2) is 26.4 Å². The highest BCUT2D eigenvalue weighted by Gasteiger charge is 2.34. The number of halogens is 2. The van der Waals surface area contributed by atoms with Crippen molar-refractivity contribution >= 4 is 49.1 Å². The highest BCUT2D eigenvalue weighted by molar-refractivity contribution is 9.13. The minimum atomic E-state index is 0.0897. The molecule has 4 nitrogen and oxygen atoms in total. The van der Waals surface area contributed by atoms with Gasteiger partial charge in [-0.2, -0.15) is 0 Å². The molecule has 0 spiro atoms. The number of carbonyl (C=O) groups is 1. The number of hydrogen-bond donors (Lipinski definition) is 0. The Balaban J connectivity index is 1.83. The summed E-state index contributed by atoms with van der Waals surface area (Å²) in [6.45, 7) is 0.570. The van der Waals surface area contributed by atoms with E-state index < -0.39 is 0 Å². The maximum absolute atomic E-state index is 12.7. The molecule has 1 aliphatic rings. The molecule has 0 aromatic carbocycles. The van der Waals surface area contributed by atoms with E-state index in [4.69, 9.17) is 0 Å². The Bertz CT molecular complexity index is 628. The van der Waals surface area contributed by atoms with Crippen LogP contribution in [0.5, 0.6) is 0 Å². The fraction of sp³-hybridized carbons (Fsp3) is 0.385. The summed E-state index contributed by atoms with van der Waals surface area (Å²) in [4.78, 5) is 19.7. The zero-order valence-electron chi connectivity index (χ0n) is 10.8. The predicted octanol–water partition coefficient (Wildman–Crippen LogP) is 3.81. The largest absolute Gasteiger partial charge is 0.337 e. The van der Waals surface area contributed by atoms with Crippen LogP contribution in [0.2, 0.25) is 0 Å². The van der Waals surface area contributed by atoms with Gasteiger partial charge in [-0.15, -0.1) is 11.3 Å². The molecular formula is C13H13Br2N3OS. The number of carbonyl (C=O) groups excluding carboxylic acids is 1. The van der Waals surface area contributed by atoms with E-state index in [0.29, 0.717) is 12.6 Å². The van der Waals surface area contributed by atoms with Crippen LogP contribution in [0.3, 0.4) is 0 Å². The first kappa shape index (κ1) is 14.3. The molecule has 0 saturated heterocycles. The van der Waals surface area contributed by atoms with Crippen LogP contribution in [0.4, 0.5) is 0 Å². The number of aromatic nitrogens is 2. The maximum atomic E-state index is 12.7. The summed E-state index contributed by atoms with van der Waals surface area (Å²) >= 11 is 8.34. The van der Waals surface area contributed by atoms with Gasteiger partial charge in [0, 0.05) is 30.0 Å². The van der Waals surface area contributed by atoms with E-state index in [-0.39, 0.29) is 5.91 Å². The van der Waals surface area contributed by atoms with Gasteiger partial charge < -0.3 is 9.47 Å². The zero-order valence-corrected chi connectivity index (χ0v) is 14.8. The summed E-state index contributed by atoms with van der Waals surface area (Å²) < 4.78 is 3.84. The molecule has 7 heteroatoms. The highest BCUT2D eigenvalue weighted by atomic mass is 79.9. The smallest absolute Gasteiger partial charge is 0.264 e. The first-order valence-electron chi connectivity index (χ1n) is 6.28. The molecule has 1 fully saturated rings. The lowest BCUT2D eigenvalue weighted by Gasteiger charge is -2.21. The Morgan fingerprint density at radius 2 is 2.30 bits per heavy atom. The quantitative estimate of drug-likeness (QED) is 0.756. The summed E-state index contributed by atoms with van der Waals surface area (Å²) in [6, 6.07) is 2.24. The maximum Gasteiger partial charge on any atom is 0.264 e. The molecule has 2 aromatic heterocycles. The van der Waals surface area contributed by atoms with E-state index in [0.717, 1.165) is 31.8 Å². The lowest BCUT2D eigenvalue weighted by atomic mass is 10.3. The number of hydrogen-bond acceptors (Lipinski definition) is 3. The second-order valence-corrected chi connectivity index (χ2v) is 8.08. The molecule has 2 heterocycles. The van der Waals surface area contributed by atoms with E-state index in [1.165, 1.54) is 11.3 Å². The van der Waals surface area contributed by atoms with E-state index in [1.807, 2.05) is 28.8 Å². The lowest BCUT2D eigenvalue weighted by molar-refractivity contribution is 0.0729. The Labute approximate surface area is 138 Å². The third kappa shape index (κ3) is 2.84. The highest BCUT2D eigenvalue weighted by Crippen LogP contribution is 2.35. The van der Waals surface area contributed by atoms with Gasteiger partial charge in [-0.3, -0.25) is 4.79 Å². The summed E-state index contributed by atoms with van der Waals surface area (Å²) in [6.07, 6.45) is 5.85. The van der Waals surface area contributed by atoms with Gasteiger partial charge in [0.2, 0.25) is 0 Å². The van der Waals surface area contributed by atoms with Crippen LogP contribution >= 0.6 is 43.2 Å². The first-order valence-corrected chi connectivity index (χ1v) is 8.68. The molecule has 1 saturated carbocycles. The average Bonchev–Trinajstić information content (AvgIpc) is 3.10. The van der Waals surface area contributed by atoms with Crippen molar-refractivity contribution in [3.05, 3.63) is 37.4 Å². The number of amides is 1. The Kier molecular flexibility index (Phi) is 4.01. The molecule has 20 heavy (non-hydrogen) atoms. The molecule has 0 unspecified atom stereocenters. The van der Waals surface area contributed by atoms with Crippen molar-refractivity contribution in [2.75, 3.05) is 0 Å². The third-order valence-corrected chi connectivity index (χ3v) is 6.58. The number of aryl methyl sites for hydroxylation is 1. The fourth-order valence-corrected chi connectivity index (χ4v) is 4.04. The zero-order chi connectivity index (χ0) is 14.3. The number of nitrogens with zero attached hydrogens (tertiary/aromatic N) is 3. The van der Waals surface area contributed by atoms with Crippen LogP contribution in [0.1, 0.15) is 28.3 Å². The minimum Gasteiger partial charge on any atom is -0.337 e. The van der Waals surface area contributed by atoms with E-state index >= 15 is 0 Å². The van der Waals surface area contributed by atoms with Crippen LogP contribution in [0.15, 0.2) is 26.7 Å². The molecule has 106 valence electrons. The van der Waals surface area contributed by atoms with Crippen molar-refractivity contribution in [3.8, 4) is 0 Å². The SMILES string of the molecule is Cn1ccnc1CN(C(=O)c1cc(Br)c(Br)s1)C1CC1. The van der Waals surface area contributed by atoms with Gasteiger partial charge in [-0.1, -0.05) is 0 Å². The predicted molar refractivity (Wildman–Crippen MR) is 85.8 cm³/mol. The van der Waals surface area contributed by atoms with Crippen molar-refractivity contribution in [1.29, 1.82) is 0 Å². The Morgan fingerprint density at radius 3 is 2.80 bits per heavy atom. The minimum absolute atomic E-state index is 0.0897. The van der Waals surface area contributed by atoms with Gasteiger partial charge >= 0.3 is 0 Å². The van der Waals surface area contributed by atoms with Gasteiger partial charge in [0.25, 0.3) is 5.91 Å². The number of thiophene rings is 1. The van der Waals surface area contributed by atoms with Crippen LogP contribution in [0, 0.1) is 0 Å². The van der Waals surface area contributed by atoms with Gasteiger partial charge in [-0.25, -0.2) is 4.98 Å². The molecular weight excluding hydrogens is 406 g/mol. The molecule has 0 aliphatic heterocycles. The van der Waals surface area contributed by atoms with Gasteiger partial charge in [0.15, 0.2) is 0 Å². The molecule has 0 atom stereocenters. The molecule has 3 rings (SSSR count). The molecule has 0 N–H and O–H groups in total. The van der Waals surface area contributed by atoms with Gasteiger partial charge in [-0.05, 0) is 50.8 Å². The second kappa shape index (κ2) is 5.61. The molecule has 1 aliphatic carbocycles. The van der Waals surface area contributed by atoms with Crippen LogP contribution in [0.25, 0.3) is 0 Å². The van der Waals surface area contributed by atoms with Crippen LogP contribution in [-0.2, 0) is 13.6 Å².